The number of carbonyl (C=O) groups is 2. The Morgan fingerprint density at radius 3 is 2.68 bits per heavy atom. The molecule has 19 heavy (non-hydrogen) atoms. The maximum Gasteiger partial charge on any atom is 0.311 e. The highest BCUT2D eigenvalue weighted by Crippen LogP contribution is 2.38. The second-order valence-corrected chi connectivity index (χ2v) is 5.28. The van der Waals surface area contributed by atoms with Crippen LogP contribution in [0.2, 0.25) is 0 Å². The van der Waals surface area contributed by atoms with Gasteiger partial charge in [-0.15, -0.1) is 5.10 Å². The van der Waals surface area contributed by atoms with E-state index in [1.807, 2.05) is 13.8 Å². The maximum absolute atomic E-state index is 12.1. The van der Waals surface area contributed by atoms with Gasteiger partial charge in [0, 0.05) is 19.3 Å². The number of carboxylic acids is 1. The lowest BCUT2D eigenvalue weighted by atomic mass is 9.76. The van der Waals surface area contributed by atoms with Gasteiger partial charge in [0.25, 0.3) is 0 Å². The van der Waals surface area contributed by atoms with Crippen molar-refractivity contribution in [3.05, 3.63) is 12.4 Å². The highest BCUT2D eigenvalue weighted by Gasteiger charge is 2.48. The van der Waals surface area contributed by atoms with E-state index in [-0.39, 0.29) is 24.9 Å². The molecule has 0 aliphatic carbocycles. The van der Waals surface area contributed by atoms with Crippen LogP contribution in [0.5, 0.6) is 0 Å². The van der Waals surface area contributed by atoms with E-state index in [9.17, 15) is 14.7 Å². The molecule has 1 unspecified atom stereocenters. The second-order valence-electron chi connectivity index (χ2n) is 5.28. The number of carbonyl (C=O) groups excluding carboxylic acids is 1. The summed E-state index contributed by atoms with van der Waals surface area (Å²) in [6.07, 6.45) is 3.62. The van der Waals surface area contributed by atoms with Crippen LogP contribution in [0.4, 0.5) is 0 Å². The molecule has 1 atom stereocenters. The Labute approximate surface area is 111 Å². The minimum absolute atomic E-state index is 0.00540. The van der Waals surface area contributed by atoms with Crippen LogP contribution in [0, 0.1) is 11.3 Å². The summed E-state index contributed by atoms with van der Waals surface area (Å²) in [5.74, 6) is -0.943. The van der Waals surface area contributed by atoms with Gasteiger partial charge in [-0.1, -0.05) is 19.1 Å². The van der Waals surface area contributed by atoms with Gasteiger partial charge in [0.1, 0.15) is 6.54 Å². The van der Waals surface area contributed by atoms with E-state index in [1.54, 1.807) is 11.1 Å². The van der Waals surface area contributed by atoms with Crippen LogP contribution >= 0.6 is 0 Å². The standard InChI is InChI=1S/C12H18N4O3/c1-9(2)12(11(18)19)3-5-15(8-12)10(17)7-16-6-4-13-14-16/h4,6,9H,3,5,7-8H2,1-2H3,(H,18,19). The average Bonchev–Trinajstić information content (AvgIpc) is 2.97. The topological polar surface area (TPSA) is 88.3 Å². The lowest BCUT2D eigenvalue weighted by Gasteiger charge is -2.28. The molecular weight excluding hydrogens is 248 g/mol. The highest BCUT2D eigenvalue weighted by molar-refractivity contribution is 5.80. The maximum atomic E-state index is 12.1. The zero-order valence-electron chi connectivity index (χ0n) is 11.1. The van der Waals surface area contributed by atoms with Crippen LogP contribution in [0.15, 0.2) is 12.4 Å². The molecule has 1 aliphatic rings. The monoisotopic (exact) mass is 266 g/mol. The SMILES string of the molecule is CC(C)C1(C(=O)O)CCN(C(=O)Cn2ccnn2)C1. The van der Waals surface area contributed by atoms with Crippen LogP contribution in [0.25, 0.3) is 0 Å². The van der Waals surface area contributed by atoms with Crippen LogP contribution in [-0.2, 0) is 16.1 Å². The van der Waals surface area contributed by atoms with Crippen molar-refractivity contribution in [3.63, 3.8) is 0 Å². The summed E-state index contributed by atoms with van der Waals surface area (Å²) in [4.78, 5) is 25.2. The van der Waals surface area contributed by atoms with E-state index in [4.69, 9.17) is 0 Å². The molecule has 104 valence electrons. The smallest absolute Gasteiger partial charge is 0.311 e. The molecule has 1 aromatic rings. The van der Waals surface area contributed by atoms with E-state index < -0.39 is 11.4 Å². The Morgan fingerprint density at radius 2 is 2.21 bits per heavy atom. The number of aliphatic carboxylic acids is 1. The zero-order valence-corrected chi connectivity index (χ0v) is 11.1. The number of amides is 1. The predicted molar refractivity (Wildman–Crippen MR) is 66.1 cm³/mol. The predicted octanol–water partition coefficient (Wildman–Crippen LogP) is 0.237. The van der Waals surface area contributed by atoms with Crippen molar-refractivity contribution in [1.82, 2.24) is 19.9 Å². The molecule has 1 aromatic heterocycles. The lowest BCUT2D eigenvalue weighted by Crippen LogP contribution is -2.41. The molecular formula is C12H18N4O3. The molecule has 0 bridgehead atoms. The van der Waals surface area contributed by atoms with Gasteiger partial charge in [-0.05, 0) is 12.3 Å². The first-order chi connectivity index (χ1) is 8.95. The Morgan fingerprint density at radius 1 is 1.47 bits per heavy atom. The Bertz CT molecular complexity index is 471. The fraction of sp³-hybridized carbons (Fsp3) is 0.667. The highest BCUT2D eigenvalue weighted by atomic mass is 16.4. The molecule has 2 heterocycles. The molecule has 0 saturated carbocycles. The molecule has 1 N–H and O–H groups in total. The summed E-state index contributed by atoms with van der Waals surface area (Å²) in [7, 11) is 0. The summed E-state index contributed by atoms with van der Waals surface area (Å²) < 4.78 is 1.44. The quantitative estimate of drug-likeness (QED) is 0.843. The summed E-state index contributed by atoms with van der Waals surface area (Å²) in [5, 5.41) is 16.8. The fourth-order valence-electron chi connectivity index (χ4n) is 2.49. The van der Waals surface area contributed by atoms with Gasteiger partial charge >= 0.3 is 5.97 Å². The molecule has 7 heteroatoms. The number of aromatic nitrogens is 3. The average molecular weight is 266 g/mol. The number of hydrogen-bond donors (Lipinski definition) is 1. The van der Waals surface area contributed by atoms with Gasteiger partial charge in [-0.25, -0.2) is 4.68 Å². The summed E-state index contributed by atoms with van der Waals surface area (Å²) in [5.41, 5.74) is -0.821. The Balaban J connectivity index is 2.05. The summed E-state index contributed by atoms with van der Waals surface area (Å²) >= 11 is 0. The van der Waals surface area contributed by atoms with Crippen LogP contribution in [0.3, 0.4) is 0 Å². The molecule has 7 nitrogen and oxygen atoms in total. The lowest BCUT2D eigenvalue weighted by molar-refractivity contribution is -0.151. The zero-order chi connectivity index (χ0) is 14.0. The number of rotatable bonds is 4. The van der Waals surface area contributed by atoms with Gasteiger partial charge in [0.15, 0.2) is 0 Å². The van der Waals surface area contributed by atoms with Crippen LogP contribution in [0.1, 0.15) is 20.3 Å². The molecule has 1 saturated heterocycles. The molecule has 0 aromatic carbocycles. The van der Waals surface area contributed by atoms with E-state index in [2.05, 4.69) is 10.3 Å². The van der Waals surface area contributed by atoms with E-state index >= 15 is 0 Å². The van der Waals surface area contributed by atoms with Crippen molar-refractivity contribution in [2.45, 2.75) is 26.8 Å². The fourth-order valence-corrected chi connectivity index (χ4v) is 2.49. The van der Waals surface area contributed by atoms with Crippen LogP contribution in [-0.4, -0.2) is 50.0 Å². The van der Waals surface area contributed by atoms with Gasteiger partial charge in [0.2, 0.25) is 5.91 Å². The number of likely N-dealkylation sites (tertiary alicyclic amines) is 1. The first-order valence-electron chi connectivity index (χ1n) is 6.31. The Hall–Kier alpha value is -1.92. The number of hydrogen-bond acceptors (Lipinski definition) is 4. The third-order valence-corrected chi connectivity index (χ3v) is 3.95. The third kappa shape index (κ3) is 2.45. The van der Waals surface area contributed by atoms with E-state index in [0.717, 1.165) is 0 Å². The normalized spacial score (nSPS) is 23.0. The van der Waals surface area contributed by atoms with E-state index in [1.165, 1.54) is 10.9 Å². The molecule has 1 fully saturated rings. The van der Waals surface area contributed by atoms with Crippen LogP contribution < -0.4 is 0 Å². The van der Waals surface area contributed by atoms with Gasteiger partial charge in [-0.2, -0.15) is 0 Å². The van der Waals surface area contributed by atoms with Gasteiger partial charge in [0.05, 0.1) is 11.6 Å². The number of carboxylic acid groups (broad SMARTS) is 1. The Kier molecular flexibility index (Phi) is 3.55. The molecule has 1 aliphatic heterocycles. The summed E-state index contributed by atoms with van der Waals surface area (Å²) in [6, 6.07) is 0. The van der Waals surface area contributed by atoms with Gasteiger partial charge in [-0.3, -0.25) is 9.59 Å². The van der Waals surface area contributed by atoms with Crippen molar-refractivity contribution < 1.29 is 14.7 Å². The molecule has 1 amide bonds. The van der Waals surface area contributed by atoms with Crippen molar-refractivity contribution in [2.75, 3.05) is 13.1 Å². The summed E-state index contributed by atoms with van der Waals surface area (Å²) in [6.45, 7) is 4.64. The molecule has 2 rings (SSSR count). The van der Waals surface area contributed by atoms with E-state index in [0.29, 0.717) is 13.0 Å². The van der Waals surface area contributed by atoms with Crippen molar-refractivity contribution in [3.8, 4) is 0 Å². The minimum atomic E-state index is -0.821. The van der Waals surface area contributed by atoms with Crippen molar-refractivity contribution in [2.24, 2.45) is 11.3 Å². The third-order valence-electron chi connectivity index (χ3n) is 3.95. The second kappa shape index (κ2) is 4.99. The first kappa shape index (κ1) is 13.5. The first-order valence-corrected chi connectivity index (χ1v) is 6.31. The largest absolute Gasteiger partial charge is 0.481 e. The van der Waals surface area contributed by atoms with Crippen molar-refractivity contribution in [1.29, 1.82) is 0 Å². The van der Waals surface area contributed by atoms with Gasteiger partial charge < -0.3 is 10.0 Å². The molecule has 0 spiro atoms. The molecule has 0 radical (unpaired) electrons. The number of nitrogens with zero attached hydrogens (tertiary/aromatic N) is 4. The minimum Gasteiger partial charge on any atom is -0.481 e. The van der Waals surface area contributed by atoms with Crippen molar-refractivity contribution >= 4 is 11.9 Å².